The van der Waals surface area contributed by atoms with Gasteiger partial charge in [0, 0.05) is 30.2 Å². The Balaban J connectivity index is 2.48. The van der Waals surface area contributed by atoms with E-state index in [4.69, 9.17) is 0 Å². The predicted octanol–water partition coefficient (Wildman–Crippen LogP) is 2.47. The van der Waals surface area contributed by atoms with Gasteiger partial charge in [0.1, 0.15) is 5.82 Å². The molecule has 1 aromatic carbocycles. The number of fused-ring (bicyclic) bond motifs is 1. The summed E-state index contributed by atoms with van der Waals surface area (Å²) >= 11 is 0. The number of halogens is 1. The lowest BCUT2D eigenvalue weighted by Gasteiger charge is -2.08. The molecule has 2 nitrogen and oxygen atoms in total. The second-order valence-corrected chi connectivity index (χ2v) is 4.32. The lowest BCUT2D eigenvalue weighted by atomic mass is 10.1. The van der Waals surface area contributed by atoms with Crippen molar-refractivity contribution in [1.82, 2.24) is 9.88 Å². The van der Waals surface area contributed by atoms with E-state index in [2.05, 4.69) is 18.4 Å². The van der Waals surface area contributed by atoms with Crippen LogP contribution in [-0.4, -0.2) is 17.7 Å². The molecule has 1 atom stereocenters. The lowest BCUT2D eigenvalue weighted by molar-refractivity contribution is 0.609. The van der Waals surface area contributed by atoms with Crippen LogP contribution in [0.3, 0.4) is 0 Å². The average molecular weight is 220 g/mol. The highest BCUT2D eigenvalue weighted by molar-refractivity contribution is 5.84. The first kappa shape index (κ1) is 11.1. The number of hydrogen-bond acceptors (Lipinski definition) is 1. The fraction of sp³-hybridized carbons (Fsp3) is 0.385. The van der Waals surface area contributed by atoms with E-state index in [9.17, 15) is 4.39 Å². The summed E-state index contributed by atoms with van der Waals surface area (Å²) in [5.41, 5.74) is 2.28. The molecule has 16 heavy (non-hydrogen) atoms. The molecule has 0 amide bonds. The fourth-order valence-electron chi connectivity index (χ4n) is 2.04. The molecule has 0 aliphatic rings. The number of rotatable bonds is 3. The molecule has 0 fully saturated rings. The zero-order valence-electron chi connectivity index (χ0n) is 9.92. The van der Waals surface area contributed by atoms with Crippen LogP contribution in [0, 0.1) is 5.82 Å². The summed E-state index contributed by atoms with van der Waals surface area (Å²) in [5.74, 6) is -0.169. The predicted molar refractivity (Wildman–Crippen MR) is 65.1 cm³/mol. The van der Waals surface area contributed by atoms with Gasteiger partial charge in [0.25, 0.3) is 0 Å². The highest BCUT2D eigenvalue weighted by Gasteiger charge is 2.09. The van der Waals surface area contributed by atoms with Gasteiger partial charge in [0.2, 0.25) is 0 Å². The summed E-state index contributed by atoms with van der Waals surface area (Å²) in [6, 6.07) is 5.35. The van der Waals surface area contributed by atoms with Crippen LogP contribution in [0.15, 0.2) is 24.4 Å². The normalized spacial score (nSPS) is 13.2. The maximum Gasteiger partial charge on any atom is 0.123 e. The Hall–Kier alpha value is -1.35. The van der Waals surface area contributed by atoms with E-state index < -0.39 is 0 Å². The number of aryl methyl sites for hydroxylation is 1. The van der Waals surface area contributed by atoms with E-state index in [1.807, 2.05) is 24.7 Å². The van der Waals surface area contributed by atoms with Crippen molar-refractivity contribution in [2.24, 2.45) is 7.05 Å². The van der Waals surface area contributed by atoms with Gasteiger partial charge in [-0.2, -0.15) is 0 Å². The third kappa shape index (κ3) is 1.95. The van der Waals surface area contributed by atoms with Crippen molar-refractivity contribution in [1.29, 1.82) is 0 Å². The van der Waals surface area contributed by atoms with Gasteiger partial charge in [-0.1, -0.05) is 0 Å². The van der Waals surface area contributed by atoms with Crippen molar-refractivity contribution in [3.8, 4) is 0 Å². The maximum absolute atomic E-state index is 13.2. The standard InChI is InChI=1S/C13H17FN2/c1-9(15-2)6-10-8-16(3)13-5-4-11(14)7-12(10)13/h4-5,7-9,15H,6H2,1-3H3. The quantitative estimate of drug-likeness (QED) is 0.840. The summed E-state index contributed by atoms with van der Waals surface area (Å²) in [6.45, 7) is 2.12. The molecule has 0 bridgehead atoms. The summed E-state index contributed by atoms with van der Waals surface area (Å²) in [4.78, 5) is 0. The number of benzene rings is 1. The van der Waals surface area contributed by atoms with Crippen molar-refractivity contribution in [3.63, 3.8) is 0 Å². The first-order valence-electron chi connectivity index (χ1n) is 5.52. The highest BCUT2D eigenvalue weighted by Crippen LogP contribution is 2.22. The molecule has 1 N–H and O–H groups in total. The molecule has 0 spiro atoms. The van der Waals surface area contributed by atoms with Crippen molar-refractivity contribution in [2.75, 3.05) is 7.05 Å². The number of nitrogens with zero attached hydrogens (tertiary/aromatic N) is 1. The van der Waals surface area contributed by atoms with Crippen molar-refractivity contribution >= 4 is 10.9 Å². The van der Waals surface area contributed by atoms with Crippen molar-refractivity contribution in [2.45, 2.75) is 19.4 Å². The highest BCUT2D eigenvalue weighted by atomic mass is 19.1. The molecule has 0 radical (unpaired) electrons. The summed E-state index contributed by atoms with van der Waals surface area (Å²) in [6.07, 6.45) is 3.00. The summed E-state index contributed by atoms with van der Waals surface area (Å²) < 4.78 is 15.3. The molecule has 0 saturated carbocycles. The largest absolute Gasteiger partial charge is 0.350 e. The van der Waals surface area contributed by atoms with E-state index in [0.29, 0.717) is 6.04 Å². The third-order valence-electron chi connectivity index (χ3n) is 3.05. The van der Waals surface area contributed by atoms with Crippen LogP contribution in [0.2, 0.25) is 0 Å². The monoisotopic (exact) mass is 220 g/mol. The van der Waals surface area contributed by atoms with Crippen LogP contribution in [-0.2, 0) is 13.5 Å². The lowest BCUT2D eigenvalue weighted by Crippen LogP contribution is -2.23. The molecule has 86 valence electrons. The van der Waals surface area contributed by atoms with Crippen LogP contribution >= 0.6 is 0 Å². The number of hydrogen-bond donors (Lipinski definition) is 1. The van der Waals surface area contributed by atoms with Gasteiger partial charge < -0.3 is 9.88 Å². The van der Waals surface area contributed by atoms with Crippen LogP contribution in [0.4, 0.5) is 4.39 Å². The van der Waals surface area contributed by atoms with E-state index >= 15 is 0 Å². The number of nitrogens with one attached hydrogen (secondary N) is 1. The molecule has 2 rings (SSSR count). The maximum atomic E-state index is 13.2. The Bertz CT molecular complexity index is 502. The third-order valence-corrected chi connectivity index (χ3v) is 3.05. The van der Waals surface area contributed by atoms with Gasteiger partial charge in [-0.3, -0.25) is 0 Å². The minimum Gasteiger partial charge on any atom is -0.350 e. The van der Waals surface area contributed by atoms with Gasteiger partial charge in [-0.25, -0.2) is 4.39 Å². The second kappa shape index (κ2) is 4.26. The number of aromatic nitrogens is 1. The second-order valence-electron chi connectivity index (χ2n) is 4.32. The molecule has 2 aromatic rings. The molecule has 1 heterocycles. The zero-order chi connectivity index (χ0) is 11.7. The minimum absolute atomic E-state index is 0.169. The summed E-state index contributed by atoms with van der Waals surface area (Å²) in [5, 5.41) is 4.22. The van der Waals surface area contributed by atoms with E-state index in [-0.39, 0.29) is 5.82 Å². The first-order valence-corrected chi connectivity index (χ1v) is 5.52. The Kier molecular flexibility index (Phi) is 2.97. The molecule has 0 aliphatic heterocycles. The molecule has 3 heteroatoms. The Labute approximate surface area is 95.1 Å². The molecule has 1 aromatic heterocycles. The molecule has 1 unspecified atom stereocenters. The van der Waals surface area contributed by atoms with Crippen LogP contribution in [0.25, 0.3) is 10.9 Å². The van der Waals surface area contributed by atoms with Gasteiger partial charge in [-0.05, 0) is 44.2 Å². The van der Waals surface area contributed by atoms with Gasteiger partial charge >= 0.3 is 0 Å². The van der Waals surface area contributed by atoms with E-state index in [0.717, 1.165) is 17.3 Å². The van der Waals surface area contributed by atoms with Crippen molar-refractivity contribution in [3.05, 3.63) is 35.8 Å². The number of likely N-dealkylation sites (N-methyl/N-ethyl adjacent to an activating group) is 1. The molecular weight excluding hydrogens is 203 g/mol. The van der Waals surface area contributed by atoms with Gasteiger partial charge in [0.05, 0.1) is 0 Å². The Morgan fingerprint density at radius 2 is 2.19 bits per heavy atom. The van der Waals surface area contributed by atoms with Crippen LogP contribution in [0.1, 0.15) is 12.5 Å². The first-order chi connectivity index (χ1) is 7.61. The van der Waals surface area contributed by atoms with Crippen LogP contribution < -0.4 is 5.32 Å². The summed E-state index contributed by atoms with van der Waals surface area (Å²) in [7, 11) is 3.93. The topological polar surface area (TPSA) is 17.0 Å². The zero-order valence-corrected chi connectivity index (χ0v) is 9.92. The smallest absolute Gasteiger partial charge is 0.123 e. The molecule has 0 saturated heterocycles. The molecule has 0 aliphatic carbocycles. The molecular formula is C13H17FN2. The van der Waals surface area contributed by atoms with Gasteiger partial charge in [0.15, 0.2) is 0 Å². The average Bonchev–Trinajstić information content (AvgIpc) is 2.55. The van der Waals surface area contributed by atoms with Gasteiger partial charge in [-0.15, -0.1) is 0 Å². The van der Waals surface area contributed by atoms with Crippen LogP contribution in [0.5, 0.6) is 0 Å². The van der Waals surface area contributed by atoms with Crippen molar-refractivity contribution < 1.29 is 4.39 Å². The Morgan fingerprint density at radius 1 is 1.44 bits per heavy atom. The fourth-order valence-corrected chi connectivity index (χ4v) is 2.04. The van der Waals surface area contributed by atoms with E-state index in [1.54, 1.807) is 6.07 Å². The Morgan fingerprint density at radius 3 is 2.88 bits per heavy atom. The SMILES string of the molecule is CNC(C)Cc1cn(C)c2ccc(F)cc12. The minimum atomic E-state index is -0.169. The van der Waals surface area contributed by atoms with E-state index in [1.165, 1.54) is 11.6 Å².